The zero-order valence-corrected chi connectivity index (χ0v) is 16.6. The van der Waals surface area contributed by atoms with E-state index in [2.05, 4.69) is 86.5 Å². The van der Waals surface area contributed by atoms with Crippen LogP contribution in [0.15, 0.2) is 84.2 Å². The maximum Gasteiger partial charge on any atom is 0.138 e. The van der Waals surface area contributed by atoms with Crippen LogP contribution in [0.4, 0.5) is 11.5 Å². The molecule has 3 heterocycles. The minimum Gasteiger partial charge on any atom is -0.340 e. The summed E-state index contributed by atoms with van der Waals surface area (Å²) in [4.78, 5) is 12.9. The van der Waals surface area contributed by atoms with Gasteiger partial charge in [-0.3, -0.25) is 0 Å². The molecule has 0 aliphatic heterocycles. The van der Waals surface area contributed by atoms with E-state index < -0.39 is 0 Å². The number of thiophene rings is 1. The van der Waals surface area contributed by atoms with Crippen molar-refractivity contribution in [1.82, 2.24) is 15.0 Å². The highest BCUT2D eigenvalue weighted by molar-refractivity contribution is 7.08. The number of fused-ring (bicyclic) bond motifs is 1. The Hall–Kier alpha value is -3.57. The van der Waals surface area contributed by atoms with Gasteiger partial charge in [0.2, 0.25) is 0 Å². The number of nitrogens with zero attached hydrogens (tertiary/aromatic N) is 3. The first-order valence-electron chi connectivity index (χ1n) is 9.33. The maximum atomic E-state index is 4.62. The fourth-order valence-corrected chi connectivity index (χ4v) is 4.22. The van der Waals surface area contributed by atoms with E-state index in [-0.39, 0.29) is 0 Å². The third-order valence-electron chi connectivity index (χ3n) is 5.01. The second-order valence-corrected chi connectivity index (χ2v) is 7.63. The molecule has 3 aromatic heterocycles. The molecule has 0 bridgehead atoms. The van der Waals surface area contributed by atoms with Gasteiger partial charge < -0.3 is 5.32 Å². The van der Waals surface area contributed by atoms with Crippen molar-refractivity contribution in [3.63, 3.8) is 0 Å². The number of anilines is 2. The van der Waals surface area contributed by atoms with E-state index in [1.54, 1.807) is 17.7 Å². The van der Waals surface area contributed by atoms with Gasteiger partial charge in [0.15, 0.2) is 0 Å². The molecule has 0 atom stereocenters. The van der Waals surface area contributed by atoms with E-state index in [1.807, 2.05) is 18.6 Å². The maximum absolute atomic E-state index is 4.62. The van der Waals surface area contributed by atoms with Gasteiger partial charge in [-0.15, -0.1) is 0 Å². The molecule has 5 heteroatoms. The Kier molecular flexibility index (Phi) is 4.50. The molecular weight excluding hydrogens is 376 g/mol. The van der Waals surface area contributed by atoms with Crippen molar-refractivity contribution in [1.29, 1.82) is 0 Å². The van der Waals surface area contributed by atoms with Gasteiger partial charge in [0, 0.05) is 35.2 Å². The summed E-state index contributed by atoms with van der Waals surface area (Å²) in [6.45, 7) is 2.09. The Morgan fingerprint density at radius 3 is 2.59 bits per heavy atom. The number of nitrogens with one attached hydrogen (secondary N) is 1. The fourth-order valence-electron chi connectivity index (χ4n) is 3.56. The van der Waals surface area contributed by atoms with Gasteiger partial charge in [-0.05, 0) is 69.6 Å². The van der Waals surface area contributed by atoms with Gasteiger partial charge >= 0.3 is 0 Å². The molecule has 29 heavy (non-hydrogen) atoms. The lowest BCUT2D eigenvalue weighted by atomic mass is 10.0. The van der Waals surface area contributed by atoms with E-state index >= 15 is 0 Å². The summed E-state index contributed by atoms with van der Waals surface area (Å²) in [7, 11) is 0. The van der Waals surface area contributed by atoms with Gasteiger partial charge in [0.25, 0.3) is 0 Å². The van der Waals surface area contributed by atoms with Crippen LogP contribution in [0.3, 0.4) is 0 Å². The second kappa shape index (κ2) is 7.45. The van der Waals surface area contributed by atoms with Crippen molar-refractivity contribution in [2.24, 2.45) is 0 Å². The summed E-state index contributed by atoms with van der Waals surface area (Å²) in [6.07, 6.45) is 7.08. The third-order valence-corrected chi connectivity index (χ3v) is 5.69. The molecule has 0 saturated heterocycles. The van der Waals surface area contributed by atoms with Gasteiger partial charge in [-0.25, -0.2) is 15.0 Å². The van der Waals surface area contributed by atoms with Crippen LogP contribution in [0.1, 0.15) is 5.56 Å². The second-order valence-electron chi connectivity index (χ2n) is 6.85. The molecule has 5 aromatic rings. The predicted molar refractivity (Wildman–Crippen MR) is 121 cm³/mol. The molecule has 0 saturated carbocycles. The molecule has 0 spiro atoms. The summed E-state index contributed by atoms with van der Waals surface area (Å²) in [5.74, 6) is 0.846. The largest absolute Gasteiger partial charge is 0.340 e. The van der Waals surface area contributed by atoms with E-state index in [1.165, 1.54) is 22.1 Å². The number of aromatic nitrogens is 3. The van der Waals surface area contributed by atoms with Gasteiger partial charge in [0.1, 0.15) is 12.1 Å². The highest BCUT2D eigenvalue weighted by atomic mass is 32.1. The minimum absolute atomic E-state index is 0.846. The van der Waals surface area contributed by atoms with Crippen molar-refractivity contribution in [2.75, 3.05) is 5.32 Å². The monoisotopic (exact) mass is 394 g/mol. The zero-order chi connectivity index (χ0) is 19.6. The first-order valence-corrected chi connectivity index (χ1v) is 10.3. The average Bonchev–Trinajstić information content (AvgIpc) is 3.30. The SMILES string of the molecule is Cc1ccc(Nc2nccc3c(-c4ccsc4)cccc23)cc1-c1cncnc1. The summed E-state index contributed by atoms with van der Waals surface area (Å²) < 4.78 is 0. The summed E-state index contributed by atoms with van der Waals surface area (Å²) in [5.41, 5.74) is 6.72. The van der Waals surface area contributed by atoms with Crippen molar-refractivity contribution in [3.8, 4) is 22.3 Å². The van der Waals surface area contributed by atoms with Crippen LogP contribution in [-0.2, 0) is 0 Å². The summed E-state index contributed by atoms with van der Waals surface area (Å²) in [5, 5.41) is 10.1. The predicted octanol–water partition coefficient (Wildman–Crippen LogP) is 6.47. The molecule has 4 nitrogen and oxygen atoms in total. The Balaban J connectivity index is 1.57. The van der Waals surface area contributed by atoms with E-state index in [0.29, 0.717) is 0 Å². The fraction of sp³-hybridized carbons (Fsp3) is 0.0417. The molecule has 1 N–H and O–H groups in total. The van der Waals surface area contributed by atoms with Gasteiger partial charge in [-0.2, -0.15) is 11.3 Å². The standard InChI is InChI=1S/C24H18N4S/c1-16-5-6-19(11-23(16)18-12-25-15-26-13-18)28-24-22-4-2-3-20(17-8-10-29-14-17)21(22)7-9-27-24/h2-15H,1H3,(H,27,28). The molecule has 0 amide bonds. The minimum atomic E-state index is 0.846. The first kappa shape index (κ1) is 17.5. The van der Waals surface area contributed by atoms with Crippen molar-refractivity contribution in [2.45, 2.75) is 6.92 Å². The lowest BCUT2D eigenvalue weighted by Crippen LogP contribution is -1.96. The van der Waals surface area contributed by atoms with Crippen LogP contribution in [0.25, 0.3) is 33.0 Å². The summed E-state index contributed by atoms with van der Waals surface area (Å²) >= 11 is 1.71. The quantitative estimate of drug-likeness (QED) is 0.379. The van der Waals surface area contributed by atoms with Crippen LogP contribution in [0.5, 0.6) is 0 Å². The van der Waals surface area contributed by atoms with Crippen molar-refractivity contribution < 1.29 is 0 Å². The number of hydrogen-bond acceptors (Lipinski definition) is 5. The Morgan fingerprint density at radius 1 is 0.862 bits per heavy atom. The Morgan fingerprint density at radius 2 is 1.76 bits per heavy atom. The number of aryl methyl sites for hydroxylation is 1. The van der Waals surface area contributed by atoms with Crippen molar-refractivity contribution in [3.05, 3.63) is 89.8 Å². The molecule has 0 aliphatic rings. The molecule has 0 aliphatic carbocycles. The zero-order valence-electron chi connectivity index (χ0n) is 15.8. The van der Waals surface area contributed by atoms with E-state index in [4.69, 9.17) is 0 Å². The number of rotatable bonds is 4. The topological polar surface area (TPSA) is 50.7 Å². The van der Waals surface area contributed by atoms with Crippen LogP contribution < -0.4 is 5.32 Å². The van der Waals surface area contributed by atoms with Crippen LogP contribution in [-0.4, -0.2) is 15.0 Å². The first-order chi connectivity index (χ1) is 14.3. The van der Waals surface area contributed by atoms with Crippen LogP contribution in [0.2, 0.25) is 0 Å². The lowest BCUT2D eigenvalue weighted by molar-refractivity contribution is 1.17. The molecule has 0 radical (unpaired) electrons. The van der Waals surface area contributed by atoms with E-state index in [0.717, 1.165) is 28.0 Å². The number of hydrogen-bond donors (Lipinski definition) is 1. The number of benzene rings is 2. The highest BCUT2D eigenvalue weighted by Gasteiger charge is 2.10. The molecule has 0 fully saturated rings. The molecular formula is C24H18N4S. The van der Waals surface area contributed by atoms with Crippen LogP contribution >= 0.6 is 11.3 Å². The molecule has 140 valence electrons. The van der Waals surface area contributed by atoms with Crippen LogP contribution in [0, 0.1) is 6.92 Å². The highest BCUT2D eigenvalue weighted by Crippen LogP contribution is 2.34. The van der Waals surface area contributed by atoms with Gasteiger partial charge in [-0.1, -0.05) is 24.3 Å². The van der Waals surface area contributed by atoms with Crippen molar-refractivity contribution >= 4 is 33.6 Å². The lowest BCUT2D eigenvalue weighted by Gasteiger charge is -2.13. The van der Waals surface area contributed by atoms with Gasteiger partial charge in [0.05, 0.1) is 0 Å². The average molecular weight is 395 g/mol. The summed E-state index contributed by atoms with van der Waals surface area (Å²) in [6, 6.07) is 16.9. The normalized spacial score (nSPS) is 10.9. The number of pyridine rings is 1. The van der Waals surface area contributed by atoms with E-state index in [9.17, 15) is 0 Å². The Bertz CT molecular complexity index is 1280. The molecule has 0 unspecified atom stereocenters. The smallest absolute Gasteiger partial charge is 0.138 e. The molecule has 5 rings (SSSR count). The third kappa shape index (κ3) is 3.37. The molecule has 2 aromatic carbocycles. The Labute approximate surface area is 172 Å².